The van der Waals surface area contributed by atoms with Gasteiger partial charge in [0.2, 0.25) is 11.8 Å². The maximum absolute atomic E-state index is 11.0. The average Bonchev–Trinajstić information content (AvgIpc) is 2.84. The van der Waals surface area contributed by atoms with Crippen molar-refractivity contribution in [1.82, 2.24) is 15.2 Å². The Bertz CT molecular complexity index is 556. The second-order valence-electron chi connectivity index (χ2n) is 3.39. The van der Waals surface area contributed by atoms with Gasteiger partial charge in [-0.25, -0.2) is 9.78 Å². The Balaban J connectivity index is 2.08. The van der Waals surface area contributed by atoms with Gasteiger partial charge in [-0.15, -0.1) is 10.2 Å². The number of rotatable bonds is 5. The van der Waals surface area contributed by atoms with E-state index in [1.807, 2.05) is 6.92 Å². The van der Waals surface area contributed by atoms with Gasteiger partial charge in [-0.05, 0) is 12.1 Å². The molecule has 0 atom stereocenters. The summed E-state index contributed by atoms with van der Waals surface area (Å²) in [6.45, 7) is 1.92. The number of hydrogen-bond acceptors (Lipinski definition) is 6. The third-order valence-corrected chi connectivity index (χ3v) is 3.14. The molecule has 0 aromatic carbocycles. The van der Waals surface area contributed by atoms with E-state index in [2.05, 4.69) is 15.2 Å². The first-order valence-corrected chi connectivity index (χ1v) is 6.31. The third-order valence-electron chi connectivity index (χ3n) is 2.15. The zero-order chi connectivity index (χ0) is 13.0. The van der Waals surface area contributed by atoms with Gasteiger partial charge < -0.3 is 9.52 Å². The molecule has 1 N–H and O–H groups in total. The van der Waals surface area contributed by atoms with E-state index < -0.39 is 5.97 Å². The zero-order valence-electron chi connectivity index (χ0n) is 9.66. The maximum Gasteiger partial charge on any atom is 0.338 e. The van der Waals surface area contributed by atoms with Crippen molar-refractivity contribution < 1.29 is 14.3 Å². The van der Waals surface area contributed by atoms with E-state index in [1.54, 1.807) is 12.3 Å². The summed E-state index contributed by atoms with van der Waals surface area (Å²) < 4.78 is 5.34. The van der Waals surface area contributed by atoms with E-state index in [0.29, 0.717) is 29.0 Å². The van der Waals surface area contributed by atoms with E-state index in [-0.39, 0.29) is 5.56 Å². The van der Waals surface area contributed by atoms with Crippen LogP contribution in [0.2, 0.25) is 0 Å². The van der Waals surface area contributed by atoms with Crippen LogP contribution < -0.4 is 0 Å². The van der Waals surface area contributed by atoms with Crippen LogP contribution in [-0.2, 0) is 12.2 Å². The number of nitrogens with zero attached hydrogens (tertiary/aromatic N) is 3. The molecule has 0 aliphatic heterocycles. The highest BCUT2D eigenvalue weighted by atomic mass is 32.2. The van der Waals surface area contributed by atoms with E-state index >= 15 is 0 Å². The van der Waals surface area contributed by atoms with Gasteiger partial charge in [0.1, 0.15) is 5.03 Å². The lowest BCUT2D eigenvalue weighted by Gasteiger charge is -2.01. The minimum atomic E-state index is -0.995. The van der Waals surface area contributed by atoms with Gasteiger partial charge in [-0.3, -0.25) is 0 Å². The summed E-state index contributed by atoms with van der Waals surface area (Å²) in [5.41, 5.74) is 0.178. The number of aromatic carboxylic acids is 1. The van der Waals surface area contributed by atoms with Gasteiger partial charge in [0.05, 0.1) is 11.3 Å². The first-order chi connectivity index (χ1) is 8.70. The Kier molecular flexibility index (Phi) is 3.93. The van der Waals surface area contributed by atoms with Crippen LogP contribution in [-0.4, -0.2) is 26.3 Å². The minimum absolute atomic E-state index is 0.178. The fourth-order valence-corrected chi connectivity index (χ4v) is 2.11. The maximum atomic E-state index is 11.0. The summed E-state index contributed by atoms with van der Waals surface area (Å²) in [6.07, 6.45) is 2.24. The predicted octanol–water partition coefficient (Wildman–Crippen LogP) is 2.02. The van der Waals surface area contributed by atoms with Crippen molar-refractivity contribution in [1.29, 1.82) is 0 Å². The van der Waals surface area contributed by atoms with Crippen molar-refractivity contribution in [3.05, 3.63) is 35.7 Å². The normalized spacial score (nSPS) is 10.5. The van der Waals surface area contributed by atoms with Crippen LogP contribution in [0.1, 0.15) is 29.1 Å². The topological polar surface area (TPSA) is 89.1 Å². The molecule has 0 amide bonds. The Labute approximate surface area is 107 Å². The molecule has 6 nitrogen and oxygen atoms in total. The molecule has 0 saturated heterocycles. The Morgan fingerprint density at radius 3 is 2.89 bits per heavy atom. The number of aryl methyl sites for hydroxylation is 1. The van der Waals surface area contributed by atoms with Gasteiger partial charge in [0.15, 0.2) is 0 Å². The zero-order valence-corrected chi connectivity index (χ0v) is 10.5. The standard InChI is InChI=1S/C11H11N3O3S/c1-2-8-13-14-9(17-8)6-18-10-7(11(15)16)4-3-5-12-10/h3-5H,2,6H2,1H3,(H,15,16). The lowest BCUT2D eigenvalue weighted by molar-refractivity contribution is 0.0692. The van der Waals surface area contributed by atoms with Crippen molar-refractivity contribution in [2.24, 2.45) is 0 Å². The molecule has 0 fully saturated rings. The minimum Gasteiger partial charge on any atom is -0.478 e. The highest BCUT2D eigenvalue weighted by Crippen LogP contribution is 2.23. The lowest BCUT2D eigenvalue weighted by atomic mass is 10.3. The SMILES string of the molecule is CCc1nnc(CSc2ncccc2C(=O)O)o1. The number of carboxylic acid groups (broad SMARTS) is 1. The molecule has 94 valence electrons. The number of thioether (sulfide) groups is 1. The summed E-state index contributed by atoms with van der Waals surface area (Å²) in [6, 6.07) is 3.11. The molecule has 0 radical (unpaired) electrons. The van der Waals surface area contributed by atoms with Crippen LogP contribution >= 0.6 is 11.8 Å². The molecule has 0 spiro atoms. The van der Waals surface area contributed by atoms with Crippen molar-refractivity contribution in [2.45, 2.75) is 24.1 Å². The number of carboxylic acids is 1. The van der Waals surface area contributed by atoms with Crippen LogP contribution in [0, 0.1) is 0 Å². The summed E-state index contributed by atoms with van der Waals surface area (Å²) in [7, 11) is 0. The summed E-state index contributed by atoms with van der Waals surface area (Å²) in [4.78, 5) is 15.0. The molecule has 18 heavy (non-hydrogen) atoms. The highest BCUT2D eigenvalue weighted by molar-refractivity contribution is 7.98. The molecule has 2 aromatic heterocycles. The fraction of sp³-hybridized carbons (Fsp3) is 0.273. The Morgan fingerprint density at radius 1 is 1.44 bits per heavy atom. The third kappa shape index (κ3) is 2.86. The Morgan fingerprint density at radius 2 is 2.22 bits per heavy atom. The van der Waals surface area contributed by atoms with Gasteiger partial charge >= 0.3 is 5.97 Å². The van der Waals surface area contributed by atoms with Crippen molar-refractivity contribution in [2.75, 3.05) is 0 Å². The van der Waals surface area contributed by atoms with Crippen molar-refractivity contribution in [3.63, 3.8) is 0 Å². The first kappa shape index (κ1) is 12.6. The number of hydrogen-bond donors (Lipinski definition) is 1. The number of carbonyl (C=O) groups is 1. The fourth-order valence-electron chi connectivity index (χ4n) is 1.29. The van der Waals surface area contributed by atoms with Gasteiger partial charge in [0.25, 0.3) is 0 Å². The number of pyridine rings is 1. The smallest absolute Gasteiger partial charge is 0.338 e. The predicted molar refractivity (Wildman–Crippen MR) is 64.4 cm³/mol. The van der Waals surface area contributed by atoms with E-state index in [1.165, 1.54) is 17.8 Å². The van der Waals surface area contributed by atoms with Gasteiger partial charge in [-0.2, -0.15) is 0 Å². The quantitative estimate of drug-likeness (QED) is 0.827. The molecule has 0 aliphatic rings. The van der Waals surface area contributed by atoms with Crippen molar-refractivity contribution >= 4 is 17.7 Å². The van der Waals surface area contributed by atoms with E-state index in [4.69, 9.17) is 9.52 Å². The molecule has 2 heterocycles. The molecular formula is C11H11N3O3S. The molecule has 0 saturated carbocycles. The van der Waals surface area contributed by atoms with Gasteiger partial charge in [-0.1, -0.05) is 18.7 Å². The van der Waals surface area contributed by atoms with Gasteiger partial charge in [0, 0.05) is 12.6 Å². The summed E-state index contributed by atoms with van der Waals surface area (Å²) in [5, 5.41) is 17.1. The molecule has 0 bridgehead atoms. The van der Waals surface area contributed by atoms with Crippen LogP contribution in [0.5, 0.6) is 0 Å². The van der Waals surface area contributed by atoms with Crippen LogP contribution in [0.25, 0.3) is 0 Å². The second kappa shape index (κ2) is 5.63. The first-order valence-electron chi connectivity index (χ1n) is 5.33. The molecule has 2 aromatic rings. The van der Waals surface area contributed by atoms with Crippen LogP contribution in [0.15, 0.2) is 27.8 Å². The second-order valence-corrected chi connectivity index (χ2v) is 4.36. The summed E-state index contributed by atoms with van der Waals surface area (Å²) >= 11 is 1.26. The molecular weight excluding hydrogens is 254 g/mol. The average molecular weight is 265 g/mol. The molecule has 0 aliphatic carbocycles. The van der Waals surface area contributed by atoms with Crippen molar-refractivity contribution in [3.8, 4) is 0 Å². The molecule has 2 rings (SSSR count). The largest absolute Gasteiger partial charge is 0.478 e. The van der Waals surface area contributed by atoms with E-state index in [0.717, 1.165) is 0 Å². The monoisotopic (exact) mass is 265 g/mol. The Hall–Kier alpha value is -1.89. The molecule has 7 heteroatoms. The summed E-state index contributed by atoms with van der Waals surface area (Å²) in [5.74, 6) is 0.457. The molecule has 0 unspecified atom stereocenters. The van der Waals surface area contributed by atoms with Crippen LogP contribution in [0.4, 0.5) is 0 Å². The number of aromatic nitrogens is 3. The lowest BCUT2D eigenvalue weighted by Crippen LogP contribution is -2.00. The highest BCUT2D eigenvalue weighted by Gasteiger charge is 2.12. The van der Waals surface area contributed by atoms with Crippen LogP contribution in [0.3, 0.4) is 0 Å². The van der Waals surface area contributed by atoms with E-state index in [9.17, 15) is 4.79 Å².